The second-order valence-corrected chi connectivity index (χ2v) is 5.77. The summed E-state index contributed by atoms with van der Waals surface area (Å²) in [4.78, 5) is 2.32. The van der Waals surface area contributed by atoms with Gasteiger partial charge in [0.2, 0.25) is 0 Å². The van der Waals surface area contributed by atoms with Crippen LogP contribution in [0.3, 0.4) is 0 Å². The minimum Gasteiger partial charge on any atom is -0.294 e. The molecule has 1 nitrogen and oxygen atoms in total. The molecule has 0 aliphatic heterocycles. The molecule has 0 atom stereocenters. The number of rotatable bonds is 6. The lowest BCUT2D eigenvalue weighted by molar-refractivity contribution is 0.273. The Balaban J connectivity index is 2.09. The van der Waals surface area contributed by atoms with Gasteiger partial charge in [0.15, 0.2) is 0 Å². The zero-order chi connectivity index (χ0) is 14.4. The minimum atomic E-state index is 0.621. The summed E-state index contributed by atoms with van der Waals surface area (Å²) in [5.41, 5.74) is 3.63. The lowest BCUT2D eigenvalue weighted by Crippen LogP contribution is -2.25. The molecule has 0 spiro atoms. The molecule has 0 aliphatic rings. The van der Waals surface area contributed by atoms with Gasteiger partial charge in [-0.2, -0.15) is 0 Å². The van der Waals surface area contributed by atoms with Gasteiger partial charge in [0, 0.05) is 30.5 Å². The Morgan fingerprint density at radius 1 is 1.00 bits per heavy atom. The molecule has 2 rings (SSSR count). The first kappa shape index (κ1) is 15.4. The van der Waals surface area contributed by atoms with Crippen molar-refractivity contribution in [2.45, 2.75) is 20.0 Å². The van der Waals surface area contributed by atoms with Gasteiger partial charge in [0.05, 0.1) is 0 Å². The first-order valence-electron chi connectivity index (χ1n) is 6.76. The van der Waals surface area contributed by atoms with Crippen molar-refractivity contribution in [1.29, 1.82) is 0 Å². The van der Waals surface area contributed by atoms with E-state index < -0.39 is 0 Å². The van der Waals surface area contributed by atoms with Gasteiger partial charge in [-0.25, -0.2) is 0 Å². The summed E-state index contributed by atoms with van der Waals surface area (Å²) in [5.74, 6) is 0.621. The predicted octanol–water partition coefficient (Wildman–Crippen LogP) is 4.89. The van der Waals surface area contributed by atoms with E-state index in [1.54, 1.807) is 0 Å². The van der Waals surface area contributed by atoms with Crippen LogP contribution in [-0.4, -0.2) is 17.3 Å². The van der Waals surface area contributed by atoms with Gasteiger partial charge in [-0.3, -0.25) is 4.90 Å². The maximum atomic E-state index is 6.32. The van der Waals surface area contributed by atoms with Gasteiger partial charge in [0.25, 0.3) is 0 Å². The van der Waals surface area contributed by atoms with Gasteiger partial charge in [-0.05, 0) is 29.7 Å². The third-order valence-corrected chi connectivity index (χ3v) is 3.77. The Kier molecular flexibility index (Phi) is 5.90. The highest BCUT2D eigenvalue weighted by Crippen LogP contribution is 2.20. The van der Waals surface area contributed by atoms with Crippen LogP contribution in [-0.2, 0) is 13.1 Å². The second kappa shape index (κ2) is 7.68. The Labute approximate surface area is 131 Å². The van der Waals surface area contributed by atoms with Crippen LogP contribution < -0.4 is 0 Å². The summed E-state index contributed by atoms with van der Waals surface area (Å²) >= 11 is 12.2. The van der Waals surface area contributed by atoms with Crippen molar-refractivity contribution >= 4 is 23.2 Å². The summed E-state index contributed by atoms with van der Waals surface area (Å²) in [6, 6.07) is 16.6. The highest BCUT2D eigenvalue weighted by Gasteiger charge is 2.09. The summed E-state index contributed by atoms with van der Waals surface area (Å²) < 4.78 is 0. The van der Waals surface area contributed by atoms with Crippen molar-refractivity contribution in [3.05, 3.63) is 70.2 Å². The summed E-state index contributed by atoms with van der Waals surface area (Å²) in [5, 5.41) is 0.831. The molecule has 0 unspecified atom stereocenters. The molecule has 0 amide bonds. The lowest BCUT2D eigenvalue weighted by atomic mass is 10.1. The third-order valence-electron chi connectivity index (χ3n) is 3.25. The Morgan fingerprint density at radius 3 is 2.40 bits per heavy atom. The lowest BCUT2D eigenvalue weighted by Gasteiger charge is -2.22. The van der Waals surface area contributed by atoms with Gasteiger partial charge < -0.3 is 0 Å². The number of alkyl halides is 1. The normalized spacial score (nSPS) is 11.0. The highest BCUT2D eigenvalue weighted by molar-refractivity contribution is 6.31. The van der Waals surface area contributed by atoms with Crippen LogP contribution in [0.1, 0.15) is 16.7 Å². The van der Waals surface area contributed by atoms with Crippen LogP contribution >= 0.6 is 23.2 Å². The molecular weight excluding hydrogens is 289 g/mol. The molecule has 20 heavy (non-hydrogen) atoms. The smallest absolute Gasteiger partial charge is 0.0453 e. The van der Waals surface area contributed by atoms with Crippen LogP contribution in [0.2, 0.25) is 5.02 Å². The van der Waals surface area contributed by atoms with E-state index in [0.29, 0.717) is 5.88 Å². The number of benzene rings is 2. The molecule has 0 saturated carbocycles. The summed E-state index contributed by atoms with van der Waals surface area (Å²) in [6.45, 7) is 4.61. The zero-order valence-electron chi connectivity index (χ0n) is 11.7. The Morgan fingerprint density at radius 2 is 1.75 bits per heavy atom. The highest BCUT2D eigenvalue weighted by atomic mass is 35.5. The Bertz CT molecular complexity index is 540. The Hall–Kier alpha value is -1.02. The van der Waals surface area contributed by atoms with Crippen molar-refractivity contribution in [3.8, 4) is 0 Å². The molecule has 0 heterocycles. The van der Waals surface area contributed by atoms with Crippen LogP contribution in [0.25, 0.3) is 0 Å². The number of hydrogen-bond donors (Lipinski definition) is 0. The van der Waals surface area contributed by atoms with Crippen LogP contribution in [0, 0.1) is 6.92 Å². The molecule has 2 aromatic rings. The van der Waals surface area contributed by atoms with E-state index in [0.717, 1.165) is 30.2 Å². The third kappa shape index (κ3) is 4.52. The molecule has 106 valence electrons. The van der Waals surface area contributed by atoms with E-state index in [1.807, 2.05) is 12.1 Å². The SMILES string of the molecule is Cc1ccc(CN(CCCl)Cc2ccccc2)c(Cl)c1. The standard InChI is InChI=1S/C17H19Cl2N/c1-14-7-8-16(17(19)11-14)13-20(10-9-18)12-15-5-3-2-4-6-15/h2-8,11H,9-10,12-13H2,1H3. The molecule has 0 fully saturated rings. The van der Waals surface area contributed by atoms with Gasteiger partial charge in [0.1, 0.15) is 0 Å². The van der Waals surface area contributed by atoms with E-state index >= 15 is 0 Å². The van der Waals surface area contributed by atoms with E-state index in [-0.39, 0.29) is 0 Å². The molecule has 0 aromatic heterocycles. The molecule has 0 N–H and O–H groups in total. The van der Waals surface area contributed by atoms with E-state index in [2.05, 4.69) is 48.2 Å². The monoisotopic (exact) mass is 307 g/mol. The second-order valence-electron chi connectivity index (χ2n) is 4.98. The van der Waals surface area contributed by atoms with E-state index in [4.69, 9.17) is 23.2 Å². The maximum Gasteiger partial charge on any atom is 0.0453 e. The first-order valence-corrected chi connectivity index (χ1v) is 7.67. The first-order chi connectivity index (χ1) is 9.69. The van der Waals surface area contributed by atoms with E-state index in [1.165, 1.54) is 11.1 Å². The number of hydrogen-bond acceptors (Lipinski definition) is 1. The number of nitrogens with zero attached hydrogens (tertiary/aromatic N) is 1. The number of aryl methyl sites for hydroxylation is 1. The van der Waals surface area contributed by atoms with Crippen molar-refractivity contribution in [2.24, 2.45) is 0 Å². The van der Waals surface area contributed by atoms with Crippen LogP contribution in [0.5, 0.6) is 0 Å². The largest absolute Gasteiger partial charge is 0.294 e. The van der Waals surface area contributed by atoms with Crippen molar-refractivity contribution in [2.75, 3.05) is 12.4 Å². The quantitative estimate of drug-likeness (QED) is 0.687. The van der Waals surface area contributed by atoms with Crippen molar-refractivity contribution in [3.63, 3.8) is 0 Å². The van der Waals surface area contributed by atoms with Gasteiger partial charge in [-0.1, -0.05) is 54.1 Å². The van der Waals surface area contributed by atoms with Gasteiger partial charge in [-0.15, -0.1) is 11.6 Å². The molecule has 3 heteroatoms. The minimum absolute atomic E-state index is 0.621. The molecule has 0 aliphatic carbocycles. The maximum absolute atomic E-state index is 6.32. The van der Waals surface area contributed by atoms with Crippen molar-refractivity contribution < 1.29 is 0 Å². The van der Waals surface area contributed by atoms with Crippen LogP contribution in [0.4, 0.5) is 0 Å². The fourth-order valence-electron chi connectivity index (χ4n) is 2.20. The summed E-state index contributed by atoms with van der Waals surface area (Å²) in [6.07, 6.45) is 0. The fraction of sp³-hybridized carbons (Fsp3) is 0.294. The summed E-state index contributed by atoms with van der Waals surface area (Å²) in [7, 11) is 0. The van der Waals surface area contributed by atoms with Gasteiger partial charge >= 0.3 is 0 Å². The van der Waals surface area contributed by atoms with Crippen LogP contribution in [0.15, 0.2) is 48.5 Å². The molecular formula is C17H19Cl2N. The van der Waals surface area contributed by atoms with E-state index in [9.17, 15) is 0 Å². The van der Waals surface area contributed by atoms with Crippen molar-refractivity contribution in [1.82, 2.24) is 4.90 Å². The molecule has 0 bridgehead atoms. The average Bonchev–Trinajstić information content (AvgIpc) is 2.43. The fourth-order valence-corrected chi connectivity index (χ4v) is 2.73. The zero-order valence-corrected chi connectivity index (χ0v) is 13.2. The average molecular weight is 308 g/mol. The molecule has 0 saturated heterocycles. The topological polar surface area (TPSA) is 3.24 Å². The number of halogens is 2. The predicted molar refractivity (Wildman–Crippen MR) is 87.5 cm³/mol. The molecule has 2 aromatic carbocycles. The molecule has 0 radical (unpaired) electrons.